The first kappa shape index (κ1) is 20.4. The maximum atomic E-state index is 12.1. The van der Waals surface area contributed by atoms with Crippen LogP contribution in [0, 0.1) is 10.8 Å². The lowest BCUT2D eigenvalue weighted by atomic mass is 10.2. The highest BCUT2D eigenvalue weighted by molar-refractivity contribution is 6.08. The smallest absolute Gasteiger partial charge is 0.406 e. The van der Waals surface area contributed by atoms with Gasteiger partial charge in [-0.25, -0.2) is 0 Å². The quantitative estimate of drug-likeness (QED) is 0.455. The lowest BCUT2D eigenvalue weighted by Gasteiger charge is -2.21. The monoisotopic (exact) mass is 399 g/mol. The summed E-state index contributed by atoms with van der Waals surface area (Å²) in [5, 5.41) is 21.3. The van der Waals surface area contributed by atoms with E-state index >= 15 is 0 Å². The molecule has 0 spiro atoms. The van der Waals surface area contributed by atoms with Crippen molar-refractivity contribution in [2.45, 2.75) is 12.8 Å². The molecule has 0 unspecified atom stereocenters. The number of ether oxygens (including phenoxy) is 1. The van der Waals surface area contributed by atoms with Crippen LogP contribution in [0.1, 0.15) is 5.56 Å². The number of anilines is 2. The number of alkyl halides is 3. The number of hydrogen-bond acceptors (Lipinski definition) is 3. The SMILES string of the molecule is Cl.N=C(NC(=N)N1CCc2ccccc21)Nc1ccc(OC(F)(F)F)cc1. The zero-order valence-corrected chi connectivity index (χ0v) is 14.7. The molecule has 2 aromatic carbocycles. The Morgan fingerprint density at radius 2 is 1.70 bits per heavy atom. The molecule has 1 aliphatic heterocycles. The number of nitrogens with one attached hydrogen (secondary N) is 4. The van der Waals surface area contributed by atoms with Crippen molar-refractivity contribution in [3.05, 3.63) is 54.1 Å². The molecule has 1 aliphatic rings. The van der Waals surface area contributed by atoms with Crippen LogP contribution < -0.4 is 20.3 Å². The van der Waals surface area contributed by atoms with Crippen LogP contribution in [0.4, 0.5) is 24.5 Å². The fraction of sp³-hybridized carbons (Fsp3) is 0.176. The second-order valence-corrected chi connectivity index (χ2v) is 5.58. The van der Waals surface area contributed by atoms with Gasteiger partial charge in [0, 0.05) is 17.9 Å². The van der Waals surface area contributed by atoms with Crippen LogP contribution in [-0.4, -0.2) is 24.8 Å². The maximum Gasteiger partial charge on any atom is 0.573 e. The summed E-state index contributed by atoms with van der Waals surface area (Å²) in [5.74, 6) is -0.461. The molecule has 27 heavy (non-hydrogen) atoms. The van der Waals surface area contributed by atoms with E-state index in [1.54, 1.807) is 4.90 Å². The van der Waals surface area contributed by atoms with Gasteiger partial charge in [-0.15, -0.1) is 25.6 Å². The highest BCUT2D eigenvalue weighted by atomic mass is 35.5. The second kappa shape index (κ2) is 8.17. The molecule has 1 heterocycles. The Bertz CT molecular complexity index is 826. The van der Waals surface area contributed by atoms with Gasteiger partial charge in [0.2, 0.25) is 5.96 Å². The van der Waals surface area contributed by atoms with E-state index in [1.807, 2.05) is 24.3 Å². The van der Waals surface area contributed by atoms with Crippen molar-refractivity contribution >= 4 is 35.7 Å². The maximum absolute atomic E-state index is 12.1. The Hall–Kier alpha value is -2.94. The number of benzene rings is 2. The molecule has 0 atom stereocenters. The van der Waals surface area contributed by atoms with Crippen molar-refractivity contribution in [2.24, 2.45) is 0 Å². The first-order valence-corrected chi connectivity index (χ1v) is 7.74. The van der Waals surface area contributed by atoms with E-state index in [9.17, 15) is 13.2 Å². The number of para-hydroxylation sites is 1. The van der Waals surface area contributed by atoms with Crippen molar-refractivity contribution in [3.8, 4) is 5.75 Å². The van der Waals surface area contributed by atoms with Crippen molar-refractivity contribution in [1.82, 2.24) is 5.32 Å². The topological polar surface area (TPSA) is 84.2 Å². The fourth-order valence-corrected chi connectivity index (χ4v) is 2.67. The Kier molecular flexibility index (Phi) is 6.17. The van der Waals surface area contributed by atoms with Crippen LogP contribution in [0.2, 0.25) is 0 Å². The van der Waals surface area contributed by atoms with E-state index in [1.165, 1.54) is 12.1 Å². The summed E-state index contributed by atoms with van der Waals surface area (Å²) in [6.45, 7) is 0.641. The molecule has 6 nitrogen and oxygen atoms in total. The van der Waals surface area contributed by atoms with Gasteiger partial charge in [-0.05, 0) is 42.3 Å². The summed E-state index contributed by atoms with van der Waals surface area (Å²) in [4.78, 5) is 1.76. The van der Waals surface area contributed by atoms with Crippen LogP contribution >= 0.6 is 12.4 Å². The van der Waals surface area contributed by atoms with Crippen LogP contribution in [0.5, 0.6) is 5.75 Å². The number of halogens is 4. The lowest BCUT2D eigenvalue weighted by Crippen LogP contribution is -2.45. The molecule has 0 amide bonds. The van der Waals surface area contributed by atoms with Crippen molar-refractivity contribution in [2.75, 3.05) is 16.8 Å². The average molecular weight is 400 g/mol. The molecule has 0 aromatic heterocycles. The average Bonchev–Trinajstić information content (AvgIpc) is 2.99. The van der Waals surface area contributed by atoms with E-state index in [2.05, 4.69) is 15.4 Å². The molecule has 4 N–H and O–H groups in total. The van der Waals surface area contributed by atoms with Gasteiger partial charge in [0.25, 0.3) is 0 Å². The number of fused-ring (bicyclic) bond motifs is 1. The van der Waals surface area contributed by atoms with Gasteiger partial charge >= 0.3 is 6.36 Å². The second-order valence-electron chi connectivity index (χ2n) is 5.58. The highest BCUT2D eigenvalue weighted by Gasteiger charge is 2.31. The van der Waals surface area contributed by atoms with Crippen LogP contribution in [0.15, 0.2) is 48.5 Å². The number of nitrogens with zero attached hydrogens (tertiary/aromatic N) is 1. The summed E-state index contributed by atoms with van der Waals surface area (Å²) in [6, 6.07) is 12.7. The minimum absolute atomic E-state index is 0. The molecule has 0 fully saturated rings. The molecular weight excluding hydrogens is 383 g/mol. The molecule has 10 heteroatoms. The zero-order valence-electron chi connectivity index (χ0n) is 13.9. The van der Waals surface area contributed by atoms with Gasteiger partial charge in [0.1, 0.15) is 5.75 Å². The predicted molar refractivity (Wildman–Crippen MR) is 100 cm³/mol. The van der Waals surface area contributed by atoms with Gasteiger partial charge < -0.3 is 15.0 Å². The summed E-state index contributed by atoms with van der Waals surface area (Å²) in [6.07, 6.45) is -3.92. The Morgan fingerprint density at radius 1 is 1.04 bits per heavy atom. The van der Waals surface area contributed by atoms with Gasteiger partial charge in [0.05, 0.1) is 0 Å². The molecule has 0 bridgehead atoms. The summed E-state index contributed by atoms with van der Waals surface area (Å²) in [7, 11) is 0. The minimum atomic E-state index is -4.75. The molecule has 144 valence electrons. The van der Waals surface area contributed by atoms with Crippen LogP contribution in [0.25, 0.3) is 0 Å². The third-order valence-corrected chi connectivity index (χ3v) is 3.76. The standard InChI is InChI=1S/C17H16F3N5O.ClH/c18-17(19,20)26-13-7-5-12(6-8-13)23-15(21)24-16(22)25-10-9-11-3-1-2-4-14(11)25;/h1-8H,9-10H2,(H4,21,22,23,24);1H. The van der Waals surface area contributed by atoms with E-state index in [0.717, 1.165) is 29.8 Å². The number of rotatable bonds is 2. The molecule has 0 radical (unpaired) electrons. The van der Waals surface area contributed by atoms with E-state index in [0.29, 0.717) is 12.2 Å². The Labute approximate surface area is 159 Å². The summed E-state index contributed by atoms with van der Waals surface area (Å²) >= 11 is 0. The first-order valence-electron chi connectivity index (χ1n) is 7.74. The van der Waals surface area contributed by atoms with E-state index in [4.69, 9.17) is 10.8 Å². The molecule has 0 saturated carbocycles. The van der Waals surface area contributed by atoms with Gasteiger partial charge in [-0.3, -0.25) is 16.1 Å². The Morgan fingerprint density at radius 3 is 2.37 bits per heavy atom. The molecule has 0 saturated heterocycles. The Balaban J connectivity index is 0.00000261. The minimum Gasteiger partial charge on any atom is -0.406 e. The van der Waals surface area contributed by atoms with Gasteiger partial charge in [-0.2, -0.15) is 0 Å². The van der Waals surface area contributed by atoms with Crippen LogP contribution in [-0.2, 0) is 6.42 Å². The molecule has 0 aliphatic carbocycles. The molecule has 2 aromatic rings. The van der Waals surface area contributed by atoms with Gasteiger partial charge in [-0.1, -0.05) is 18.2 Å². The number of hydrogen-bond donors (Lipinski definition) is 4. The van der Waals surface area contributed by atoms with Gasteiger partial charge in [0.15, 0.2) is 5.96 Å². The third-order valence-electron chi connectivity index (χ3n) is 3.76. The summed E-state index contributed by atoms with van der Waals surface area (Å²) < 4.78 is 40.2. The molecular formula is C17H17ClF3N5O. The van der Waals surface area contributed by atoms with Crippen LogP contribution in [0.3, 0.4) is 0 Å². The zero-order chi connectivity index (χ0) is 18.7. The number of guanidine groups is 2. The highest BCUT2D eigenvalue weighted by Crippen LogP contribution is 2.27. The predicted octanol–water partition coefficient (Wildman–Crippen LogP) is 3.94. The van der Waals surface area contributed by atoms with E-state index in [-0.39, 0.29) is 30.1 Å². The third kappa shape index (κ3) is 5.27. The van der Waals surface area contributed by atoms with E-state index < -0.39 is 6.36 Å². The first-order chi connectivity index (χ1) is 12.3. The van der Waals surface area contributed by atoms with Crippen molar-refractivity contribution < 1.29 is 17.9 Å². The lowest BCUT2D eigenvalue weighted by molar-refractivity contribution is -0.274. The normalized spacial score (nSPS) is 12.6. The molecule has 3 rings (SSSR count). The van der Waals surface area contributed by atoms with Crippen molar-refractivity contribution in [3.63, 3.8) is 0 Å². The largest absolute Gasteiger partial charge is 0.573 e. The van der Waals surface area contributed by atoms with Crippen molar-refractivity contribution in [1.29, 1.82) is 10.8 Å². The fourth-order valence-electron chi connectivity index (χ4n) is 2.67. The summed E-state index contributed by atoms with van der Waals surface area (Å²) in [5.41, 5.74) is 2.46.